The number of carbonyl (C=O) groups excluding carboxylic acids is 2. The summed E-state index contributed by atoms with van der Waals surface area (Å²) in [6.07, 6.45) is 71.4. The van der Waals surface area contributed by atoms with E-state index in [0.29, 0.717) is 17.4 Å². The maximum Gasteiger partial charge on any atom is 0.472 e. The Hall–Kier alpha value is -2.81. The highest BCUT2D eigenvalue weighted by molar-refractivity contribution is 7.47. The number of allylic oxidation sites excluding steroid dienone is 13. The van der Waals surface area contributed by atoms with E-state index >= 15 is 0 Å². The molecule has 0 bridgehead atoms. The molecule has 0 aliphatic carbocycles. The molecule has 0 saturated heterocycles. The molecule has 0 aliphatic heterocycles. The third-order valence-electron chi connectivity index (χ3n) is 13.3. The molecule has 0 aliphatic rings. The Labute approximate surface area is 463 Å². The van der Waals surface area contributed by atoms with Crippen LogP contribution in [0.3, 0.4) is 0 Å². The van der Waals surface area contributed by atoms with Crippen molar-refractivity contribution in [3.8, 4) is 0 Å². The Kier molecular flexibility index (Phi) is 52.5. The lowest BCUT2D eigenvalue weighted by molar-refractivity contribution is -0.870. The van der Waals surface area contributed by atoms with Gasteiger partial charge in [-0.25, -0.2) is 4.57 Å². The van der Waals surface area contributed by atoms with E-state index in [1.807, 2.05) is 33.3 Å². The molecule has 434 valence electrons. The van der Waals surface area contributed by atoms with Gasteiger partial charge in [-0.05, 0) is 102 Å². The van der Waals surface area contributed by atoms with Crippen LogP contribution in [-0.2, 0) is 27.9 Å². The number of likely N-dealkylation sites (N-methyl/N-ethyl adjacent to an activating group) is 1. The van der Waals surface area contributed by atoms with Crippen LogP contribution in [0.25, 0.3) is 0 Å². The van der Waals surface area contributed by atoms with Gasteiger partial charge in [0.05, 0.1) is 33.8 Å². The highest BCUT2D eigenvalue weighted by atomic mass is 31.2. The minimum atomic E-state index is -4.46. The largest absolute Gasteiger partial charge is 0.472 e. The normalized spacial score (nSPS) is 14.3. The number of esters is 1. The first-order valence-corrected chi connectivity index (χ1v) is 32.4. The molecular weight excluding hydrogens is 952 g/mol. The second-order valence-corrected chi connectivity index (χ2v) is 23.4. The number of nitrogens with zero attached hydrogens (tertiary/aromatic N) is 1. The molecular formula is C65H118N2O7P+. The van der Waals surface area contributed by atoms with Crippen LogP contribution in [0.1, 0.15) is 265 Å². The van der Waals surface area contributed by atoms with Crippen molar-refractivity contribution in [1.82, 2.24) is 5.32 Å². The van der Waals surface area contributed by atoms with Gasteiger partial charge in [-0.2, -0.15) is 0 Å². The summed E-state index contributed by atoms with van der Waals surface area (Å²) in [5.74, 6) is -0.540. The number of phosphoric ester groups is 1. The Morgan fingerprint density at radius 3 is 1.32 bits per heavy atom. The fraction of sp³-hybridized carbons (Fsp3) is 0.754. The zero-order valence-electron chi connectivity index (χ0n) is 49.5. The summed E-state index contributed by atoms with van der Waals surface area (Å²) in [6, 6.07) is -0.867. The number of carbonyl (C=O) groups is 2. The average Bonchev–Trinajstić information content (AvgIpc) is 3.37. The molecule has 0 rings (SSSR count). The van der Waals surface area contributed by atoms with Crippen LogP contribution in [0.2, 0.25) is 0 Å². The number of unbranched alkanes of at least 4 members (excludes halogenated alkanes) is 28. The fourth-order valence-electron chi connectivity index (χ4n) is 8.50. The van der Waals surface area contributed by atoms with Crippen molar-refractivity contribution in [3.63, 3.8) is 0 Å². The summed E-state index contributed by atoms with van der Waals surface area (Å²) in [4.78, 5) is 37.7. The quantitative estimate of drug-likeness (QED) is 0.0156. The van der Waals surface area contributed by atoms with E-state index in [2.05, 4.69) is 99.0 Å². The van der Waals surface area contributed by atoms with Gasteiger partial charge in [0.25, 0.3) is 0 Å². The van der Waals surface area contributed by atoms with Crippen molar-refractivity contribution in [3.05, 3.63) is 85.1 Å². The number of rotatable bonds is 55. The second-order valence-electron chi connectivity index (χ2n) is 21.9. The van der Waals surface area contributed by atoms with Crippen molar-refractivity contribution in [1.29, 1.82) is 0 Å². The van der Waals surface area contributed by atoms with Crippen molar-refractivity contribution in [2.75, 3.05) is 40.9 Å². The van der Waals surface area contributed by atoms with E-state index in [1.54, 1.807) is 0 Å². The SMILES string of the molecule is CCCCC/C=C\C/C=C\C/C=C\C/C=C\CCCCCCCC(=O)NC(COP(=O)(O)OCC[N+](C)(C)C)C(/C=C\CCCCCCCCCCCCC)OC(=O)CCCCCCCC/C=C/C=C/CCCCC. The average molecular weight is 1070 g/mol. The predicted molar refractivity (Wildman–Crippen MR) is 323 cm³/mol. The molecule has 9 nitrogen and oxygen atoms in total. The molecule has 0 aromatic heterocycles. The van der Waals surface area contributed by atoms with Crippen LogP contribution in [0, 0.1) is 0 Å². The minimum Gasteiger partial charge on any atom is -0.456 e. The lowest BCUT2D eigenvalue weighted by Crippen LogP contribution is -2.47. The zero-order valence-corrected chi connectivity index (χ0v) is 50.4. The molecule has 0 saturated carbocycles. The van der Waals surface area contributed by atoms with E-state index in [-0.39, 0.29) is 31.5 Å². The maximum atomic E-state index is 13.5. The minimum absolute atomic E-state index is 0.0308. The molecule has 75 heavy (non-hydrogen) atoms. The van der Waals surface area contributed by atoms with Gasteiger partial charge in [0, 0.05) is 12.8 Å². The second kappa shape index (κ2) is 54.5. The van der Waals surface area contributed by atoms with E-state index < -0.39 is 20.0 Å². The number of hydrogen-bond acceptors (Lipinski definition) is 6. The number of hydrogen-bond donors (Lipinski definition) is 2. The highest BCUT2D eigenvalue weighted by Gasteiger charge is 2.30. The summed E-state index contributed by atoms with van der Waals surface area (Å²) >= 11 is 0. The summed E-state index contributed by atoms with van der Waals surface area (Å²) < 4.78 is 30.7. The van der Waals surface area contributed by atoms with Crippen LogP contribution >= 0.6 is 7.82 Å². The molecule has 0 aromatic rings. The monoisotopic (exact) mass is 1070 g/mol. The molecule has 0 heterocycles. The van der Waals surface area contributed by atoms with Gasteiger partial charge in [0.15, 0.2) is 0 Å². The van der Waals surface area contributed by atoms with Crippen LogP contribution in [0.15, 0.2) is 85.1 Å². The maximum absolute atomic E-state index is 13.5. The van der Waals surface area contributed by atoms with Crippen molar-refractivity contribution < 1.29 is 37.3 Å². The highest BCUT2D eigenvalue weighted by Crippen LogP contribution is 2.43. The summed E-state index contributed by atoms with van der Waals surface area (Å²) in [5, 5.41) is 3.04. The molecule has 0 fully saturated rings. The Morgan fingerprint density at radius 1 is 0.480 bits per heavy atom. The number of amides is 1. The van der Waals surface area contributed by atoms with Crippen molar-refractivity contribution >= 4 is 19.7 Å². The lowest BCUT2D eigenvalue weighted by Gasteiger charge is -2.27. The summed E-state index contributed by atoms with van der Waals surface area (Å²) in [7, 11) is 1.47. The molecule has 10 heteroatoms. The van der Waals surface area contributed by atoms with Gasteiger partial charge in [0.1, 0.15) is 19.3 Å². The topological polar surface area (TPSA) is 111 Å². The van der Waals surface area contributed by atoms with Crippen molar-refractivity contribution in [2.45, 2.75) is 277 Å². The number of phosphoric acid groups is 1. The standard InChI is InChI=1S/C65H117N2O7P/c1-7-10-13-16-19-22-25-28-30-31-32-33-34-35-37-39-42-45-48-51-54-57-64(68)66-62(61-73-75(70,71)72-60-59-67(4,5)6)63(56-53-50-47-44-41-38-27-24-21-18-15-12-9-3)74-65(69)58-55-52-49-46-43-40-36-29-26-23-20-17-14-11-8-2/h19-20,22-23,26,28-30,32-33,35,37,53,56,62-63H,7-18,21,24-25,27,31,34,36,38-52,54-55,57-61H2,1-6H3,(H-,66,68,70,71)/p+1/b22-19-,23-20+,29-26+,30-28-,33-32-,37-35-,56-53-. The first-order valence-electron chi connectivity index (χ1n) is 30.9. The van der Waals surface area contributed by atoms with Crippen LogP contribution in [-0.4, -0.2) is 74.3 Å². The van der Waals surface area contributed by atoms with E-state index in [0.717, 1.165) is 116 Å². The van der Waals surface area contributed by atoms with Gasteiger partial charge in [-0.15, -0.1) is 0 Å². The Bertz CT molecular complexity index is 1560. The smallest absolute Gasteiger partial charge is 0.456 e. The van der Waals surface area contributed by atoms with Gasteiger partial charge in [-0.3, -0.25) is 18.6 Å². The predicted octanol–water partition coefficient (Wildman–Crippen LogP) is 19.0. The first-order chi connectivity index (χ1) is 36.4. The molecule has 0 aromatic carbocycles. The third-order valence-corrected chi connectivity index (χ3v) is 14.3. The van der Waals surface area contributed by atoms with Gasteiger partial charge in [-0.1, -0.05) is 235 Å². The van der Waals surface area contributed by atoms with Gasteiger partial charge >= 0.3 is 13.8 Å². The van der Waals surface area contributed by atoms with Crippen molar-refractivity contribution in [2.24, 2.45) is 0 Å². The lowest BCUT2D eigenvalue weighted by atomic mass is 10.0. The van der Waals surface area contributed by atoms with Crippen LogP contribution < -0.4 is 5.32 Å². The molecule has 3 unspecified atom stereocenters. The molecule has 3 atom stereocenters. The summed E-state index contributed by atoms with van der Waals surface area (Å²) in [5.41, 5.74) is 0. The summed E-state index contributed by atoms with van der Waals surface area (Å²) in [6.45, 7) is 6.93. The number of ether oxygens (including phenoxy) is 1. The Balaban J connectivity index is 5.34. The zero-order chi connectivity index (χ0) is 55.0. The van der Waals surface area contributed by atoms with Crippen LogP contribution in [0.4, 0.5) is 0 Å². The third kappa shape index (κ3) is 55.7. The first kappa shape index (κ1) is 72.2. The van der Waals surface area contributed by atoms with E-state index in [9.17, 15) is 19.0 Å². The van der Waals surface area contributed by atoms with E-state index in [4.69, 9.17) is 13.8 Å². The van der Waals surface area contributed by atoms with E-state index in [1.165, 1.54) is 116 Å². The molecule has 2 N–H and O–H groups in total. The number of nitrogens with one attached hydrogen (secondary N) is 1. The van der Waals surface area contributed by atoms with Crippen LogP contribution in [0.5, 0.6) is 0 Å². The Morgan fingerprint density at radius 2 is 0.853 bits per heavy atom. The molecule has 0 radical (unpaired) electrons. The molecule has 0 spiro atoms. The number of quaternary nitrogens is 1. The fourth-order valence-corrected chi connectivity index (χ4v) is 9.24. The van der Waals surface area contributed by atoms with Gasteiger partial charge < -0.3 is 19.4 Å². The van der Waals surface area contributed by atoms with Gasteiger partial charge in [0.2, 0.25) is 5.91 Å². The molecule has 1 amide bonds.